The molecular formula is C24H27FN10O2. The maximum atomic E-state index is 13.2. The van der Waals surface area contributed by atoms with E-state index in [0.29, 0.717) is 49.7 Å². The summed E-state index contributed by atoms with van der Waals surface area (Å²) in [6, 6.07) is 6.70. The van der Waals surface area contributed by atoms with Crippen molar-refractivity contribution in [2.75, 3.05) is 31.1 Å². The highest BCUT2D eigenvalue weighted by Crippen LogP contribution is 2.22. The number of nitrogens with zero attached hydrogens (tertiary/aromatic N) is 8. The van der Waals surface area contributed by atoms with Crippen LogP contribution in [0.1, 0.15) is 29.9 Å². The third kappa shape index (κ3) is 5.66. The van der Waals surface area contributed by atoms with Gasteiger partial charge in [-0.1, -0.05) is 6.07 Å². The second-order valence-corrected chi connectivity index (χ2v) is 8.84. The van der Waals surface area contributed by atoms with Crippen LogP contribution in [-0.2, 0) is 0 Å². The Morgan fingerprint density at radius 3 is 2.57 bits per heavy atom. The molecule has 1 atom stereocenters. The second-order valence-electron chi connectivity index (χ2n) is 8.84. The first-order valence-corrected chi connectivity index (χ1v) is 11.9. The van der Waals surface area contributed by atoms with E-state index >= 15 is 0 Å². The first-order chi connectivity index (χ1) is 17.8. The molecule has 1 aliphatic rings. The number of urea groups is 1. The van der Waals surface area contributed by atoms with Gasteiger partial charge >= 0.3 is 6.03 Å². The van der Waals surface area contributed by atoms with Gasteiger partial charge in [0.2, 0.25) is 17.7 Å². The summed E-state index contributed by atoms with van der Waals surface area (Å²) < 4.78 is 20.3. The molecule has 4 aromatic heterocycles. The topological polar surface area (TPSA) is 130 Å². The van der Waals surface area contributed by atoms with E-state index in [1.54, 1.807) is 29.3 Å². The molecule has 192 valence electrons. The number of rotatable bonds is 6. The molecule has 4 aromatic rings. The van der Waals surface area contributed by atoms with Crippen LogP contribution >= 0.6 is 0 Å². The quantitative estimate of drug-likeness (QED) is 0.408. The van der Waals surface area contributed by atoms with Gasteiger partial charge in [0, 0.05) is 55.9 Å². The fourth-order valence-electron chi connectivity index (χ4n) is 3.96. The van der Waals surface area contributed by atoms with Gasteiger partial charge in [-0.15, -0.1) is 5.10 Å². The standard InChI is InChI=1S/C24H27FN10O2/c1-15-10-21(37-22-11-16(2)31-32-22)30-23(28-15)33-6-8-34(9-7-33)24(36)29-17(3)18-4-5-20(26-12-18)35-14-19(25)13-27-35/h4-5,10-14,17H,6-9H2,1-3H3,(H,29,36)(H,31,32)/t17-/m0/s1. The van der Waals surface area contributed by atoms with E-state index in [-0.39, 0.29) is 12.1 Å². The zero-order valence-electron chi connectivity index (χ0n) is 20.7. The summed E-state index contributed by atoms with van der Waals surface area (Å²) >= 11 is 0. The number of pyridine rings is 1. The summed E-state index contributed by atoms with van der Waals surface area (Å²) in [4.78, 5) is 30.1. The lowest BCUT2D eigenvalue weighted by Gasteiger charge is -2.35. The van der Waals surface area contributed by atoms with Gasteiger partial charge in [0.1, 0.15) is 0 Å². The maximum absolute atomic E-state index is 13.2. The van der Waals surface area contributed by atoms with Crippen molar-refractivity contribution in [2.45, 2.75) is 26.8 Å². The van der Waals surface area contributed by atoms with E-state index < -0.39 is 5.82 Å². The average Bonchev–Trinajstić information content (AvgIpc) is 3.51. The Bertz CT molecular complexity index is 1380. The summed E-state index contributed by atoms with van der Waals surface area (Å²) in [6.45, 7) is 7.88. The van der Waals surface area contributed by atoms with Crippen LogP contribution in [0.4, 0.5) is 15.1 Å². The largest absolute Gasteiger partial charge is 0.419 e. The molecule has 0 saturated carbocycles. The number of H-pyrrole nitrogens is 1. The van der Waals surface area contributed by atoms with Crippen LogP contribution in [-0.4, -0.2) is 72.0 Å². The van der Waals surface area contributed by atoms with Gasteiger partial charge in [-0.25, -0.2) is 23.8 Å². The molecule has 0 unspecified atom stereocenters. The van der Waals surface area contributed by atoms with Crippen LogP contribution in [0, 0.1) is 19.7 Å². The van der Waals surface area contributed by atoms with Crippen molar-refractivity contribution >= 4 is 12.0 Å². The lowest BCUT2D eigenvalue weighted by molar-refractivity contribution is 0.191. The molecule has 13 heteroatoms. The van der Waals surface area contributed by atoms with Crippen molar-refractivity contribution in [3.63, 3.8) is 0 Å². The van der Waals surface area contributed by atoms with Crippen LogP contribution in [0.3, 0.4) is 0 Å². The summed E-state index contributed by atoms with van der Waals surface area (Å²) in [7, 11) is 0. The van der Waals surface area contributed by atoms with Crippen molar-refractivity contribution in [2.24, 2.45) is 0 Å². The number of hydrogen-bond donors (Lipinski definition) is 2. The van der Waals surface area contributed by atoms with Gasteiger partial charge < -0.3 is 19.9 Å². The highest BCUT2D eigenvalue weighted by Gasteiger charge is 2.24. The number of nitrogens with one attached hydrogen (secondary N) is 2. The third-order valence-corrected chi connectivity index (χ3v) is 5.96. The lowest BCUT2D eigenvalue weighted by atomic mass is 10.1. The van der Waals surface area contributed by atoms with E-state index in [1.807, 2.05) is 31.7 Å². The van der Waals surface area contributed by atoms with Gasteiger partial charge in [-0.2, -0.15) is 10.1 Å². The van der Waals surface area contributed by atoms with Crippen LogP contribution in [0.25, 0.3) is 5.82 Å². The molecule has 0 bridgehead atoms. The number of piperazine rings is 1. The molecule has 0 aromatic carbocycles. The smallest absolute Gasteiger partial charge is 0.317 e. The van der Waals surface area contributed by atoms with Crippen LogP contribution in [0.5, 0.6) is 11.8 Å². The third-order valence-electron chi connectivity index (χ3n) is 5.96. The summed E-state index contributed by atoms with van der Waals surface area (Å²) in [5, 5.41) is 13.8. The zero-order valence-corrected chi connectivity index (χ0v) is 20.7. The van der Waals surface area contributed by atoms with Crippen molar-refractivity contribution in [1.29, 1.82) is 0 Å². The van der Waals surface area contributed by atoms with E-state index in [1.165, 1.54) is 10.9 Å². The number of hydrogen-bond acceptors (Lipinski definition) is 8. The number of carbonyl (C=O) groups excluding carboxylic acids is 1. The van der Waals surface area contributed by atoms with Gasteiger partial charge in [0.05, 0.1) is 18.4 Å². The molecule has 1 saturated heterocycles. The van der Waals surface area contributed by atoms with E-state index in [2.05, 4.69) is 35.6 Å². The number of amides is 2. The van der Waals surface area contributed by atoms with Crippen LogP contribution in [0.2, 0.25) is 0 Å². The number of aromatic amines is 1. The van der Waals surface area contributed by atoms with Gasteiger partial charge in [-0.3, -0.25) is 5.10 Å². The second kappa shape index (κ2) is 10.2. The summed E-state index contributed by atoms with van der Waals surface area (Å²) in [5.41, 5.74) is 2.50. The molecule has 5 heterocycles. The first kappa shape index (κ1) is 24.2. The first-order valence-electron chi connectivity index (χ1n) is 11.9. The van der Waals surface area contributed by atoms with Crippen molar-refractivity contribution in [1.82, 2.24) is 45.1 Å². The predicted octanol–water partition coefficient (Wildman–Crippen LogP) is 2.92. The van der Waals surface area contributed by atoms with Gasteiger partial charge in [-0.05, 0) is 32.4 Å². The van der Waals surface area contributed by atoms with Crippen LogP contribution < -0.4 is 15.0 Å². The normalized spacial score (nSPS) is 14.5. The minimum atomic E-state index is -0.432. The molecule has 0 aliphatic carbocycles. The summed E-state index contributed by atoms with van der Waals surface area (Å²) in [6.07, 6.45) is 4.02. The summed E-state index contributed by atoms with van der Waals surface area (Å²) in [5.74, 6) is 1.48. The lowest BCUT2D eigenvalue weighted by Crippen LogP contribution is -2.52. The minimum absolute atomic E-state index is 0.159. The fourth-order valence-corrected chi connectivity index (χ4v) is 3.96. The number of halogens is 1. The molecule has 0 spiro atoms. The maximum Gasteiger partial charge on any atom is 0.317 e. The Morgan fingerprint density at radius 2 is 1.92 bits per heavy atom. The highest BCUT2D eigenvalue weighted by atomic mass is 19.1. The molecule has 1 aliphatic heterocycles. The molecule has 0 radical (unpaired) electrons. The molecule has 12 nitrogen and oxygen atoms in total. The predicted molar refractivity (Wildman–Crippen MR) is 132 cm³/mol. The zero-order chi connectivity index (χ0) is 25.9. The van der Waals surface area contributed by atoms with Crippen molar-refractivity contribution in [3.05, 3.63) is 65.6 Å². The number of carbonyl (C=O) groups is 1. The Labute approximate surface area is 212 Å². The number of aromatic nitrogens is 7. The van der Waals surface area contributed by atoms with Crippen molar-refractivity contribution in [3.8, 4) is 17.6 Å². The average molecular weight is 507 g/mol. The Balaban J connectivity index is 1.16. The molecule has 2 amide bonds. The molecule has 2 N–H and O–H groups in total. The van der Waals surface area contributed by atoms with Crippen LogP contribution in [0.15, 0.2) is 42.9 Å². The fraction of sp³-hybridized carbons (Fsp3) is 0.333. The number of anilines is 1. The van der Waals surface area contributed by atoms with Crippen molar-refractivity contribution < 1.29 is 13.9 Å². The number of aryl methyl sites for hydroxylation is 2. The van der Waals surface area contributed by atoms with Gasteiger partial charge in [0.15, 0.2) is 11.6 Å². The molecule has 1 fully saturated rings. The molecular weight excluding hydrogens is 479 g/mol. The minimum Gasteiger partial charge on any atom is -0.419 e. The van der Waals surface area contributed by atoms with Gasteiger partial charge in [0.25, 0.3) is 0 Å². The van der Waals surface area contributed by atoms with E-state index in [9.17, 15) is 9.18 Å². The number of ether oxygens (including phenoxy) is 1. The SMILES string of the molecule is Cc1cc(Oc2cc(C)[nH]n2)nc(N2CCN(C(=O)N[C@@H](C)c3ccc(-n4cc(F)cn4)nc3)CC2)n1. The Morgan fingerprint density at radius 1 is 1.11 bits per heavy atom. The van der Waals surface area contributed by atoms with E-state index in [4.69, 9.17) is 4.74 Å². The monoisotopic (exact) mass is 506 g/mol. The Hall–Kier alpha value is -4.55. The Kier molecular flexibility index (Phi) is 6.66. The van der Waals surface area contributed by atoms with E-state index in [0.717, 1.165) is 23.1 Å². The molecule has 37 heavy (non-hydrogen) atoms. The highest BCUT2D eigenvalue weighted by molar-refractivity contribution is 5.75. The molecule has 5 rings (SSSR count).